The Hall–Kier alpha value is -0.520. The Morgan fingerprint density at radius 1 is 0.905 bits per heavy atom. The zero-order valence-corrected chi connectivity index (χ0v) is 14.0. The van der Waals surface area contributed by atoms with Gasteiger partial charge in [-0.05, 0) is 38.5 Å². The van der Waals surface area contributed by atoms with Crippen molar-refractivity contribution in [1.82, 2.24) is 0 Å². The summed E-state index contributed by atoms with van der Waals surface area (Å²) >= 11 is 0. The summed E-state index contributed by atoms with van der Waals surface area (Å²) < 4.78 is 11.3. The number of hydrogen-bond acceptors (Lipinski definition) is 2. The van der Waals surface area contributed by atoms with Crippen LogP contribution < -0.4 is 0 Å². The Kier molecular flexibility index (Phi) is 12.7. The molecule has 0 N–H and O–H groups in total. The van der Waals surface area contributed by atoms with Gasteiger partial charge in [0.25, 0.3) is 0 Å². The molecule has 0 saturated carbocycles. The lowest BCUT2D eigenvalue weighted by atomic mass is 10.1. The van der Waals surface area contributed by atoms with Crippen LogP contribution in [0.25, 0.3) is 0 Å². The van der Waals surface area contributed by atoms with E-state index >= 15 is 0 Å². The second kappa shape index (κ2) is 14.4. The van der Waals surface area contributed by atoms with Gasteiger partial charge in [-0.1, -0.05) is 39.0 Å². The van der Waals surface area contributed by atoms with E-state index in [1.165, 1.54) is 64.2 Å². The largest absolute Gasteiger partial charge is 0.353 e. The van der Waals surface area contributed by atoms with Crippen LogP contribution in [0.4, 0.5) is 0 Å². The molecule has 122 valence electrons. The Morgan fingerprint density at radius 2 is 1.62 bits per heavy atom. The van der Waals surface area contributed by atoms with Crippen LogP contribution in [-0.4, -0.2) is 19.5 Å². The summed E-state index contributed by atoms with van der Waals surface area (Å²) in [5.41, 5.74) is 0. The van der Waals surface area contributed by atoms with Crippen LogP contribution in [0.5, 0.6) is 0 Å². The van der Waals surface area contributed by atoms with Crippen molar-refractivity contribution in [2.45, 2.75) is 96.7 Å². The van der Waals surface area contributed by atoms with Crippen LogP contribution in [0, 0.1) is 11.8 Å². The standard InChI is InChI=1S/C19H34O2/c1-2-3-4-5-6-7-8-9-10-11-12-14-17-20-19-16-13-15-18-21-19/h19H,2-4,7-18H2,1H3/t19-/m1/s1. The van der Waals surface area contributed by atoms with Gasteiger partial charge in [-0.3, -0.25) is 0 Å². The topological polar surface area (TPSA) is 18.5 Å². The second-order valence-corrected chi connectivity index (χ2v) is 6.00. The van der Waals surface area contributed by atoms with E-state index in [9.17, 15) is 0 Å². The molecule has 1 saturated heterocycles. The van der Waals surface area contributed by atoms with Crippen LogP contribution in [0.3, 0.4) is 0 Å². The van der Waals surface area contributed by atoms with E-state index in [2.05, 4.69) is 18.8 Å². The Morgan fingerprint density at radius 3 is 2.33 bits per heavy atom. The zero-order valence-electron chi connectivity index (χ0n) is 14.0. The molecule has 2 nitrogen and oxygen atoms in total. The molecule has 1 aliphatic rings. The maximum absolute atomic E-state index is 5.73. The van der Waals surface area contributed by atoms with Gasteiger partial charge in [-0.15, -0.1) is 11.8 Å². The third kappa shape index (κ3) is 11.8. The molecular weight excluding hydrogens is 260 g/mol. The highest BCUT2D eigenvalue weighted by Crippen LogP contribution is 2.14. The van der Waals surface area contributed by atoms with E-state index < -0.39 is 0 Å². The van der Waals surface area contributed by atoms with Crippen molar-refractivity contribution in [2.75, 3.05) is 13.2 Å². The lowest BCUT2D eigenvalue weighted by molar-refractivity contribution is -0.162. The van der Waals surface area contributed by atoms with Gasteiger partial charge < -0.3 is 9.47 Å². The minimum atomic E-state index is 0.0880. The molecule has 1 fully saturated rings. The first-order chi connectivity index (χ1) is 10.4. The van der Waals surface area contributed by atoms with Crippen LogP contribution in [0.1, 0.15) is 90.4 Å². The van der Waals surface area contributed by atoms with Crippen LogP contribution in [0.2, 0.25) is 0 Å². The number of ether oxygens (including phenoxy) is 2. The van der Waals surface area contributed by atoms with Crippen LogP contribution >= 0.6 is 0 Å². The summed E-state index contributed by atoms with van der Waals surface area (Å²) in [6.07, 6.45) is 16.0. The van der Waals surface area contributed by atoms with E-state index in [-0.39, 0.29) is 6.29 Å². The van der Waals surface area contributed by atoms with Crippen molar-refractivity contribution in [1.29, 1.82) is 0 Å². The molecule has 0 aliphatic carbocycles. The fraction of sp³-hybridized carbons (Fsp3) is 0.895. The lowest BCUT2D eigenvalue weighted by Gasteiger charge is -2.22. The SMILES string of the molecule is CCCCC#CCCCCCCCCO[C@H]1CCCCO1. The first-order valence-electron chi connectivity index (χ1n) is 9.12. The first-order valence-corrected chi connectivity index (χ1v) is 9.12. The van der Waals surface area contributed by atoms with Gasteiger partial charge in [-0.2, -0.15) is 0 Å². The molecule has 21 heavy (non-hydrogen) atoms. The molecule has 0 spiro atoms. The van der Waals surface area contributed by atoms with Crippen LogP contribution in [0.15, 0.2) is 0 Å². The van der Waals surface area contributed by atoms with Gasteiger partial charge >= 0.3 is 0 Å². The fourth-order valence-electron chi connectivity index (χ4n) is 2.52. The summed E-state index contributed by atoms with van der Waals surface area (Å²) in [6, 6.07) is 0. The zero-order chi connectivity index (χ0) is 15.0. The van der Waals surface area contributed by atoms with Gasteiger partial charge in [0.2, 0.25) is 0 Å². The van der Waals surface area contributed by atoms with Crippen LogP contribution in [-0.2, 0) is 9.47 Å². The normalized spacial score (nSPS) is 18.2. The molecule has 0 bridgehead atoms. The first kappa shape index (κ1) is 18.5. The van der Waals surface area contributed by atoms with Crippen molar-refractivity contribution in [3.05, 3.63) is 0 Å². The minimum Gasteiger partial charge on any atom is -0.353 e. The molecule has 0 aromatic heterocycles. The maximum Gasteiger partial charge on any atom is 0.157 e. The smallest absolute Gasteiger partial charge is 0.157 e. The summed E-state index contributed by atoms with van der Waals surface area (Å²) in [7, 11) is 0. The quantitative estimate of drug-likeness (QED) is 0.372. The van der Waals surface area contributed by atoms with Gasteiger partial charge in [0.1, 0.15) is 0 Å². The highest BCUT2D eigenvalue weighted by atomic mass is 16.7. The maximum atomic E-state index is 5.73. The van der Waals surface area contributed by atoms with Crippen molar-refractivity contribution < 1.29 is 9.47 Å². The Bertz CT molecular complexity index is 271. The molecule has 1 atom stereocenters. The number of hydrogen-bond donors (Lipinski definition) is 0. The molecule has 1 aliphatic heterocycles. The summed E-state index contributed by atoms with van der Waals surface area (Å²) in [5.74, 6) is 6.54. The highest BCUT2D eigenvalue weighted by Gasteiger charge is 2.13. The van der Waals surface area contributed by atoms with Crippen molar-refractivity contribution in [3.8, 4) is 11.8 Å². The number of unbranched alkanes of at least 4 members (excludes halogenated alkanes) is 8. The molecular formula is C19H34O2. The monoisotopic (exact) mass is 294 g/mol. The third-order valence-corrected chi connectivity index (χ3v) is 3.92. The predicted molar refractivity (Wildman–Crippen MR) is 89.2 cm³/mol. The van der Waals surface area contributed by atoms with Gasteiger partial charge in [0, 0.05) is 26.1 Å². The third-order valence-electron chi connectivity index (χ3n) is 3.92. The highest BCUT2D eigenvalue weighted by molar-refractivity contribution is 4.98. The number of rotatable bonds is 11. The van der Waals surface area contributed by atoms with E-state index in [1.54, 1.807) is 0 Å². The van der Waals surface area contributed by atoms with E-state index in [1.807, 2.05) is 0 Å². The van der Waals surface area contributed by atoms with Crippen molar-refractivity contribution in [3.63, 3.8) is 0 Å². The second-order valence-electron chi connectivity index (χ2n) is 6.00. The lowest BCUT2D eigenvalue weighted by Crippen LogP contribution is -2.22. The molecule has 0 amide bonds. The average molecular weight is 294 g/mol. The molecule has 0 unspecified atom stereocenters. The minimum absolute atomic E-state index is 0.0880. The predicted octanol–water partition coefficient (Wildman–Crippen LogP) is 5.45. The summed E-state index contributed by atoms with van der Waals surface area (Å²) in [6.45, 7) is 3.97. The fourth-order valence-corrected chi connectivity index (χ4v) is 2.52. The van der Waals surface area contributed by atoms with E-state index in [0.717, 1.165) is 32.5 Å². The molecule has 0 aromatic carbocycles. The van der Waals surface area contributed by atoms with Crippen molar-refractivity contribution >= 4 is 0 Å². The Balaban J connectivity index is 1.75. The molecule has 0 radical (unpaired) electrons. The Labute approximate surface area is 132 Å². The van der Waals surface area contributed by atoms with E-state index in [0.29, 0.717) is 0 Å². The van der Waals surface area contributed by atoms with E-state index in [4.69, 9.17) is 9.47 Å². The molecule has 1 heterocycles. The molecule has 2 heteroatoms. The van der Waals surface area contributed by atoms with Gasteiger partial charge in [-0.25, -0.2) is 0 Å². The van der Waals surface area contributed by atoms with Gasteiger partial charge in [0.05, 0.1) is 0 Å². The van der Waals surface area contributed by atoms with Gasteiger partial charge in [0.15, 0.2) is 6.29 Å². The van der Waals surface area contributed by atoms with Crippen molar-refractivity contribution in [2.24, 2.45) is 0 Å². The molecule has 1 rings (SSSR count). The molecule has 0 aromatic rings. The summed E-state index contributed by atoms with van der Waals surface area (Å²) in [4.78, 5) is 0. The summed E-state index contributed by atoms with van der Waals surface area (Å²) in [5, 5.41) is 0. The average Bonchev–Trinajstić information content (AvgIpc) is 2.53.